The van der Waals surface area contributed by atoms with Crippen LogP contribution in [0.3, 0.4) is 0 Å². The van der Waals surface area contributed by atoms with Crippen LogP contribution in [0.1, 0.15) is 60.9 Å². The lowest BCUT2D eigenvalue weighted by Gasteiger charge is -2.38. The maximum atomic E-state index is 13.9. The third-order valence-corrected chi connectivity index (χ3v) is 7.85. The molecular formula is C28H35ClN4O3. The van der Waals surface area contributed by atoms with Crippen molar-refractivity contribution in [2.45, 2.75) is 63.6 Å². The highest BCUT2D eigenvalue weighted by Gasteiger charge is 2.32. The molecule has 1 aromatic heterocycles. The molecule has 3 aromatic rings. The zero-order valence-electron chi connectivity index (χ0n) is 21.1. The van der Waals surface area contributed by atoms with Crippen LogP contribution < -0.4 is 10.1 Å². The molecule has 36 heavy (non-hydrogen) atoms. The van der Waals surface area contributed by atoms with E-state index in [1.807, 2.05) is 30.3 Å². The van der Waals surface area contributed by atoms with E-state index in [9.17, 15) is 4.79 Å². The fourth-order valence-electron chi connectivity index (χ4n) is 5.56. The van der Waals surface area contributed by atoms with E-state index in [0.717, 1.165) is 37.9 Å². The van der Waals surface area contributed by atoms with Crippen molar-refractivity contribution in [2.24, 2.45) is 0 Å². The summed E-state index contributed by atoms with van der Waals surface area (Å²) in [4.78, 5) is 23.1. The Balaban J connectivity index is 1.40. The van der Waals surface area contributed by atoms with Crippen molar-refractivity contribution in [1.29, 1.82) is 0 Å². The molecule has 0 bridgehead atoms. The molecule has 8 heteroatoms. The van der Waals surface area contributed by atoms with E-state index < -0.39 is 0 Å². The number of likely N-dealkylation sites (tertiary alicyclic amines) is 1. The van der Waals surface area contributed by atoms with Crippen molar-refractivity contribution in [3.05, 3.63) is 52.5 Å². The topological polar surface area (TPSA) is 70.8 Å². The van der Waals surface area contributed by atoms with Crippen LogP contribution in [0.15, 0.2) is 40.8 Å². The van der Waals surface area contributed by atoms with Crippen LogP contribution in [0.25, 0.3) is 11.1 Å². The number of amides is 1. The van der Waals surface area contributed by atoms with Crippen molar-refractivity contribution < 1.29 is 13.9 Å². The smallest absolute Gasteiger partial charge is 0.296 e. The number of methoxy groups -OCH3 is 1. The van der Waals surface area contributed by atoms with Gasteiger partial charge in [0.15, 0.2) is 11.3 Å². The maximum Gasteiger partial charge on any atom is 0.296 e. The highest BCUT2D eigenvalue weighted by molar-refractivity contribution is 6.30. The SMILES string of the molecule is COc1cc(C(=O)N(CC2CCCCN2C)C2CCCC2)cc2nc(NCc3cccc(Cl)c3)oc12. The lowest BCUT2D eigenvalue weighted by atomic mass is 10.0. The number of aromatic nitrogens is 1. The van der Waals surface area contributed by atoms with Gasteiger partial charge in [0.05, 0.1) is 7.11 Å². The quantitative estimate of drug-likeness (QED) is 0.402. The van der Waals surface area contributed by atoms with Crippen molar-refractivity contribution >= 4 is 34.6 Å². The minimum absolute atomic E-state index is 0.0533. The lowest BCUT2D eigenvalue weighted by Crippen LogP contribution is -2.49. The molecule has 1 N–H and O–H groups in total. The molecule has 0 spiro atoms. The first-order valence-electron chi connectivity index (χ1n) is 13.0. The number of anilines is 1. The number of carbonyl (C=O) groups excluding carboxylic acids is 1. The molecule has 1 atom stereocenters. The zero-order valence-corrected chi connectivity index (χ0v) is 21.9. The number of rotatable bonds is 8. The summed E-state index contributed by atoms with van der Waals surface area (Å²) in [5.74, 6) is 0.567. The van der Waals surface area contributed by atoms with Crippen molar-refractivity contribution in [2.75, 3.05) is 32.6 Å². The summed E-state index contributed by atoms with van der Waals surface area (Å²) >= 11 is 6.10. The summed E-state index contributed by atoms with van der Waals surface area (Å²) in [6.07, 6.45) is 8.11. The van der Waals surface area contributed by atoms with Crippen LogP contribution in [0.4, 0.5) is 6.01 Å². The van der Waals surface area contributed by atoms with Crippen molar-refractivity contribution in [3.63, 3.8) is 0 Å². The Labute approximate surface area is 217 Å². The van der Waals surface area contributed by atoms with E-state index in [1.54, 1.807) is 13.2 Å². The molecule has 2 heterocycles. The van der Waals surface area contributed by atoms with Crippen LogP contribution in [0.2, 0.25) is 5.02 Å². The molecule has 1 saturated carbocycles. The molecule has 192 valence electrons. The molecule has 2 aliphatic rings. The first-order chi connectivity index (χ1) is 17.5. The van der Waals surface area contributed by atoms with Gasteiger partial charge in [0.1, 0.15) is 5.52 Å². The molecular weight excluding hydrogens is 476 g/mol. The second-order valence-corrected chi connectivity index (χ2v) is 10.5. The summed E-state index contributed by atoms with van der Waals surface area (Å²) in [7, 11) is 3.78. The van der Waals surface area contributed by atoms with E-state index in [2.05, 4.69) is 27.1 Å². The molecule has 2 fully saturated rings. The Kier molecular flexibility index (Phi) is 7.67. The number of ether oxygens (including phenoxy) is 1. The van der Waals surface area contributed by atoms with E-state index in [0.29, 0.717) is 52.1 Å². The molecule has 0 radical (unpaired) electrons. The second kappa shape index (κ2) is 11.1. The Morgan fingerprint density at radius 3 is 2.75 bits per heavy atom. The minimum Gasteiger partial charge on any atom is -0.493 e. The molecule has 1 aliphatic carbocycles. The predicted octanol–water partition coefficient (Wildman–Crippen LogP) is 5.97. The third kappa shape index (κ3) is 5.47. The van der Waals surface area contributed by atoms with Gasteiger partial charge < -0.3 is 24.3 Å². The molecule has 1 amide bonds. The fourth-order valence-corrected chi connectivity index (χ4v) is 5.77. The van der Waals surface area contributed by atoms with Gasteiger partial charge >= 0.3 is 0 Å². The average molecular weight is 511 g/mol. The summed E-state index contributed by atoms with van der Waals surface area (Å²) < 4.78 is 11.6. The highest BCUT2D eigenvalue weighted by Crippen LogP contribution is 2.33. The van der Waals surface area contributed by atoms with Gasteiger partial charge in [-0.25, -0.2) is 0 Å². The number of oxazole rings is 1. The standard InChI is InChI=1S/C28H35ClN4O3/c1-32-13-6-5-12-23(32)18-33(22-10-3-4-11-22)27(34)20-15-24-26(25(16-20)35-2)36-28(31-24)30-17-19-8-7-9-21(29)14-19/h7-9,14-16,22-23H,3-6,10-13,17-18H2,1-2H3,(H,30,31). The number of nitrogens with zero attached hydrogens (tertiary/aromatic N) is 3. The number of piperidine rings is 1. The summed E-state index contributed by atoms with van der Waals surface area (Å²) in [6.45, 7) is 2.39. The molecule has 5 rings (SSSR count). The number of nitrogens with one attached hydrogen (secondary N) is 1. The van der Waals surface area contributed by atoms with Gasteiger partial charge in [-0.05, 0) is 69.1 Å². The normalized spacial score (nSPS) is 19.0. The van der Waals surface area contributed by atoms with Gasteiger partial charge in [-0.1, -0.05) is 43.0 Å². The number of fused-ring (bicyclic) bond motifs is 1. The van der Waals surface area contributed by atoms with Gasteiger partial charge in [-0.15, -0.1) is 0 Å². The second-order valence-electron chi connectivity index (χ2n) is 10.1. The van der Waals surface area contributed by atoms with Gasteiger partial charge in [-0.2, -0.15) is 4.98 Å². The lowest BCUT2D eigenvalue weighted by molar-refractivity contribution is 0.0566. The summed E-state index contributed by atoms with van der Waals surface area (Å²) in [5.41, 5.74) is 2.75. The van der Waals surface area contributed by atoms with E-state index in [-0.39, 0.29) is 5.91 Å². The first-order valence-corrected chi connectivity index (χ1v) is 13.4. The first kappa shape index (κ1) is 24.9. The van der Waals surface area contributed by atoms with E-state index in [4.69, 9.17) is 20.8 Å². The van der Waals surface area contributed by atoms with Gasteiger partial charge in [0.2, 0.25) is 0 Å². The van der Waals surface area contributed by atoms with Crippen LogP contribution in [0.5, 0.6) is 5.75 Å². The number of carbonyl (C=O) groups is 1. The number of hydrogen-bond donors (Lipinski definition) is 1. The zero-order chi connectivity index (χ0) is 25.1. The Morgan fingerprint density at radius 2 is 2.00 bits per heavy atom. The van der Waals surface area contributed by atoms with Crippen LogP contribution in [-0.4, -0.2) is 60.0 Å². The third-order valence-electron chi connectivity index (χ3n) is 7.61. The van der Waals surface area contributed by atoms with Crippen molar-refractivity contribution in [3.8, 4) is 5.75 Å². The Morgan fingerprint density at radius 1 is 1.19 bits per heavy atom. The molecule has 1 aliphatic heterocycles. The summed E-state index contributed by atoms with van der Waals surface area (Å²) in [6, 6.07) is 12.3. The maximum absolute atomic E-state index is 13.9. The molecule has 1 saturated heterocycles. The van der Waals surface area contributed by atoms with Gasteiger partial charge in [0, 0.05) is 35.8 Å². The molecule has 1 unspecified atom stereocenters. The number of halogens is 1. The van der Waals surface area contributed by atoms with Crippen LogP contribution in [-0.2, 0) is 6.54 Å². The van der Waals surface area contributed by atoms with Gasteiger partial charge in [0.25, 0.3) is 11.9 Å². The monoisotopic (exact) mass is 510 g/mol. The highest BCUT2D eigenvalue weighted by atomic mass is 35.5. The fraction of sp³-hybridized carbons (Fsp3) is 0.500. The number of hydrogen-bond acceptors (Lipinski definition) is 6. The molecule has 7 nitrogen and oxygen atoms in total. The predicted molar refractivity (Wildman–Crippen MR) is 143 cm³/mol. The Bertz CT molecular complexity index is 1210. The average Bonchev–Trinajstić information content (AvgIpc) is 3.56. The number of benzene rings is 2. The number of likely N-dealkylation sites (N-methyl/N-ethyl adjacent to an activating group) is 1. The summed E-state index contributed by atoms with van der Waals surface area (Å²) in [5, 5.41) is 3.89. The molecule has 2 aromatic carbocycles. The minimum atomic E-state index is 0.0533. The largest absolute Gasteiger partial charge is 0.493 e. The van der Waals surface area contributed by atoms with E-state index >= 15 is 0 Å². The van der Waals surface area contributed by atoms with E-state index in [1.165, 1.54) is 25.7 Å². The van der Waals surface area contributed by atoms with Crippen LogP contribution in [0, 0.1) is 0 Å². The van der Waals surface area contributed by atoms with Crippen LogP contribution >= 0.6 is 11.6 Å². The van der Waals surface area contributed by atoms with Gasteiger partial charge in [-0.3, -0.25) is 4.79 Å². The van der Waals surface area contributed by atoms with Crippen molar-refractivity contribution in [1.82, 2.24) is 14.8 Å². The Hall–Kier alpha value is -2.77.